The second kappa shape index (κ2) is 11.4. The number of nitrogens with one attached hydrogen (secondary N) is 1. The Morgan fingerprint density at radius 1 is 1.11 bits per heavy atom. The van der Waals surface area contributed by atoms with E-state index in [-0.39, 0.29) is 55.1 Å². The van der Waals surface area contributed by atoms with Gasteiger partial charge in [-0.3, -0.25) is 9.59 Å². The number of likely N-dealkylation sites (tertiary alicyclic amines) is 2. The van der Waals surface area contributed by atoms with Gasteiger partial charge in [0, 0.05) is 50.1 Å². The molecule has 0 spiro atoms. The first-order valence-corrected chi connectivity index (χ1v) is 12.8. The van der Waals surface area contributed by atoms with Crippen molar-refractivity contribution in [1.29, 1.82) is 0 Å². The molecule has 38 heavy (non-hydrogen) atoms. The van der Waals surface area contributed by atoms with Crippen molar-refractivity contribution in [3.05, 3.63) is 65.0 Å². The van der Waals surface area contributed by atoms with Gasteiger partial charge in [0.1, 0.15) is 17.6 Å². The predicted octanol–water partition coefficient (Wildman–Crippen LogP) is 4.13. The van der Waals surface area contributed by atoms with E-state index in [4.69, 9.17) is 0 Å². The Balaban J connectivity index is 1.82. The van der Waals surface area contributed by atoms with E-state index < -0.39 is 41.7 Å². The third-order valence-electron chi connectivity index (χ3n) is 7.82. The van der Waals surface area contributed by atoms with E-state index in [9.17, 15) is 32.3 Å². The second-order valence-corrected chi connectivity index (χ2v) is 10.2. The molecule has 0 unspecified atom stereocenters. The Kier molecular flexibility index (Phi) is 8.42. The molecular weight excluding hydrogens is 502 g/mol. The van der Waals surface area contributed by atoms with Crippen LogP contribution >= 0.6 is 0 Å². The van der Waals surface area contributed by atoms with Crippen molar-refractivity contribution in [2.24, 2.45) is 11.8 Å². The van der Waals surface area contributed by atoms with Crippen molar-refractivity contribution in [3.63, 3.8) is 0 Å². The molecule has 2 aromatic carbocycles. The SMILES string of the molecule is CNCCN1C[C@H](C(=O)c2cccc(O)c2)[C@H](c2cccc(F)c2C)[C@@H](C(=O)N2CCC[C@H]2C(F)(F)F)C1. The maximum Gasteiger partial charge on any atom is 0.408 e. The van der Waals surface area contributed by atoms with E-state index in [0.29, 0.717) is 18.7 Å². The summed E-state index contributed by atoms with van der Waals surface area (Å²) >= 11 is 0. The van der Waals surface area contributed by atoms with E-state index in [1.54, 1.807) is 26.1 Å². The fraction of sp³-hybridized carbons (Fsp3) is 0.500. The molecule has 0 aliphatic carbocycles. The molecule has 2 aliphatic rings. The number of rotatable bonds is 7. The molecular formula is C28H33F4N3O3. The molecule has 4 rings (SSSR count). The summed E-state index contributed by atoms with van der Waals surface area (Å²) in [6, 6.07) is 8.41. The van der Waals surface area contributed by atoms with Gasteiger partial charge in [0.2, 0.25) is 5.91 Å². The molecule has 206 valence electrons. The molecule has 6 nitrogen and oxygen atoms in total. The number of hydrogen-bond donors (Lipinski definition) is 2. The highest BCUT2D eigenvalue weighted by Crippen LogP contribution is 2.43. The summed E-state index contributed by atoms with van der Waals surface area (Å²) in [5, 5.41) is 13.0. The lowest BCUT2D eigenvalue weighted by atomic mass is 9.69. The average Bonchev–Trinajstić information content (AvgIpc) is 3.39. The Bertz CT molecular complexity index is 1170. The second-order valence-electron chi connectivity index (χ2n) is 10.2. The van der Waals surface area contributed by atoms with Crippen LogP contribution < -0.4 is 5.32 Å². The van der Waals surface area contributed by atoms with Crippen LogP contribution in [0, 0.1) is 24.6 Å². The largest absolute Gasteiger partial charge is 0.508 e. The highest BCUT2D eigenvalue weighted by Gasteiger charge is 2.52. The zero-order valence-corrected chi connectivity index (χ0v) is 21.5. The first-order chi connectivity index (χ1) is 18.0. The maximum absolute atomic E-state index is 14.7. The lowest BCUT2D eigenvalue weighted by Crippen LogP contribution is -2.56. The van der Waals surface area contributed by atoms with E-state index >= 15 is 0 Å². The fourth-order valence-electron chi connectivity index (χ4n) is 5.94. The zero-order chi connectivity index (χ0) is 27.6. The van der Waals surface area contributed by atoms with Gasteiger partial charge in [0.25, 0.3) is 0 Å². The van der Waals surface area contributed by atoms with E-state index in [1.165, 1.54) is 30.3 Å². The summed E-state index contributed by atoms with van der Waals surface area (Å²) in [5.74, 6) is -4.30. The minimum atomic E-state index is -4.56. The molecule has 1 amide bonds. The number of carbonyl (C=O) groups excluding carboxylic acids is 2. The minimum Gasteiger partial charge on any atom is -0.508 e. The number of piperidine rings is 1. The fourth-order valence-corrected chi connectivity index (χ4v) is 5.94. The van der Waals surface area contributed by atoms with Crippen LogP contribution in [0.4, 0.5) is 17.6 Å². The first-order valence-electron chi connectivity index (χ1n) is 12.8. The highest BCUT2D eigenvalue weighted by molar-refractivity contribution is 5.99. The molecule has 2 aliphatic heterocycles. The van der Waals surface area contributed by atoms with Gasteiger partial charge in [0.15, 0.2) is 5.78 Å². The monoisotopic (exact) mass is 535 g/mol. The molecule has 0 radical (unpaired) electrons. The third kappa shape index (κ3) is 5.71. The summed E-state index contributed by atoms with van der Waals surface area (Å²) < 4.78 is 56.3. The summed E-state index contributed by atoms with van der Waals surface area (Å²) in [7, 11) is 1.76. The predicted molar refractivity (Wildman–Crippen MR) is 134 cm³/mol. The van der Waals surface area contributed by atoms with Gasteiger partial charge in [-0.15, -0.1) is 0 Å². The van der Waals surface area contributed by atoms with Crippen molar-refractivity contribution < 1.29 is 32.3 Å². The van der Waals surface area contributed by atoms with Crippen LogP contribution in [-0.4, -0.2) is 78.6 Å². The number of hydrogen-bond acceptors (Lipinski definition) is 5. The van der Waals surface area contributed by atoms with Crippen LogP contribution in [0.5, 0.6) is 5.75 Å². The number of nitrogens with zero attached hydrogens (tertiary/aromatic N) is 2. The van der Waals surface area contributed by atoms with Gasteiger partial charge in [-0.2, -0.15) is 13.2 Å². The summed E-state index contributed by atoms with van der Waals surface area (Å²) in [6.45, 7) is 2.95. The van der Waals surface area contributed by atoms with E-state index in [1.807, 2.05) is 4.90 Å². The van der Waals surface area contributed by atoms with Crippen LogP contribution in [0.15, 0.2) is 42.5 Å². The Morgan fingerprint density at radius 2 is 1.82 bits per heavy atom. The molecule has 10 heteroatoms. The van der Waals surface area contributed by atoms with Crippen LogP contribution in [-0.2, 0) is 4.79 Å². The lowest BCUT2D eigenvalue weighted by Gasteiger charge is -2.45. The van der Waals surface area contributed by atoms with Gasteiger partial charge in [-0.25, -0.2) is 4.39 Å². The summed E-state index contributed by atoms with van der Waals surface area (Å²) in [4.78, 5) is 30.7. The van der Waals surface area contributed by atoms with Gasteiger partial charge < -0.3 is 20.2 Å². The minimum absolute atomic E-state index is 0.0178. The van der Waals surface area contributed by atoms with Crippen molar-refractivity contribution in [3.8, 4) is 5.75 Å². The number of alkyl halides is 3. The molecule has 0 saturated carbocycles. The van der Waals surface area contributed by atoms with Crippen LogP contribution in [0.25, 0.3) is 0 Å². The summed E-state index contributed by atoms with van der Waals surface area (Å²) in [6.07, 6.45) is -4.49. The first kappa shape index (κ1) is 28.0. The van der Waals surface area contributed by atoms with Crippen molar-refractivity contribution >= 4 is 11.7 Å². The number of carbonyl (C=O) groups is 2. The van der Waals surface area contributed by atoms with Gasteiger partial charge in [0.05, 0.1) is 5.92 Å². The van der Waals surface area contributed by atoms with Crippen LogP contribution in [0.1, 0.15) is 40.2 Å². The Hall–Kier alpha value is -2.98. The van der Waals surface area contributed by atoms with E-state index in [0.717, 1.165) is 4.90 Å². The van der Waals surface area contributed by atoms with E-state index in [2.05, 4.69) is 5.32 Å². The molecule has 0 aromatic heterocycles. The molecule has 0 bridgehead atoms. The number of aromatic hydroxyl groups is 1. The number of phenolic OH excluding ortho intramolecular Hbond substituents is 1. The number of halogens is 4. The van der Waals surface area contributed by atoms with Gasteiger partial charge in [-0.1, -0.05) is 24.3 Å². The average molecular weight is 536 g/mol. The van der Waals surface area contributed by atoms with Crippen molar-refractivity contribution in [2.75, 3.05) is 39.8 Å². The van der Waals surface area contributed by atoms with Crippen molar-refractivity contribution in [2.45, 2.75) is 37.9 Å². The number of benzene rings is 2. The van der Waals surface area contributed by atoms with Crippen LogP contribution in [0.2, 0.25) is 0 Å². The normalized spacial score (nSPS) is 24.5. The van der Waals surface area contributed by atoms with Crippen LogP contribution in [0.3, 0.4) is 0 Å². The number of ketones is 1. The topological polar surface area (TPSA) is 72.9 Å². The molecule has 2 fully saturated rings. The van der Waals surface area contributed by atoms with Gasteiger partial charge in [-0.05, 0) is 56.1 Å². The molecule has 2 heterocycles. The van der Waals surface area contributed by atoms with Gasteiger partial charge >= 0.3 is 6.18 Å². The molecule has 2 saturated heterocycles. The maximum atomic E-state index is 14.7. The molecule has 2 N–H and O–H groups in total. The molecule has 4 atom stereocenters. The molecule has 2 aromatic rings. The lowest BCUT2D eigenvalue weighted by molar-refractivity contribution is -0.185. The third-order valence-corrected chi connectivity index (χ3v) is 7.82. The number of amides is 1. The highest BCUT2D eigenvalue weighted by atomic mass is 19.4. The Morgan fingerprint density at radius 3 is 2.50 bits per heavy atom. The summed E-state index contributed by atoms with van der Waals surface area (Å²) in [5.41, 5.74) is 0.935. The standard InChI is InChI=1S/C28H33F4N3O3/c1-17-20(8-4-9-23(17)29)25-21(26(37)18-6-3-7-19(36)14-18)15-34(13-11-33-2)16-22(25)27(38)35-12-5-10-24(35)28(30,31)32/h3-4,6-9,14,21-22,24-25,33,36H,5,10-13,15-16H2,1-2H3/t21-,22-,24-,25-/m0/s1. The number of phenols is 1. The van der Waals surface area contributed by atoms with Crippen molar-refractivity contribution in [1.82, 2.24) is 15.1 Å². The smallest absolute Gasteiger partial charge is 0.408 e. The number of Topliss-reactive ketones (excluding diaryl/α,β-unsaturated/α-hetero) is 1. The zero-order valence-electron chi connectivity index (χ0n) is 21.5. The number of likely N-dealkylation sites (N-methyl/N-ethyl adjacent to an activating group) is 1. The Labute approximate surface area is 219 Å². The quantitative estimate of drug-likeness (QED) is 0.412.